The van der Waals surface area contributed by atoms with Gasteiger partial charge in [0.2, 0.25) is 0 Å². The quantitative estimate of drug-likeness (QED) is 0.693. The maximum Gasteiger partial charge on any atom is 0.307 e. The fourth-order valence-corrected chi connectivity index (χ4v) is 3.25. The number of nitrogens with zero attached hydrogens (tertiary/aromatic N) is 3. The number of carboxylic acid groups (broad SMARTS) is 1. The van der Waals surface area contributed by atoms with Crippen LogP contribution in [0, 0.1) is 0 Å². The Balaban J connectivity index is 1.75. The molecule has 128 valence electrons. The van der Waals surface area contributed by atoms with Crippen LogP contribution < -0.4 is 4.72 Å². The Kier molecular flexibility index (Phi) is 4.48. The summed E-state index contributed by atoms with van der Waals surface area (Å²) >= 11 is 0. The molecule has 0 aliphatic heterocycles. The van der Waals surface area contributed by atoms with Crippen LogP contribution in [-0.4, -0.2) is 34.5 Å². The summed E-state index contributed by atoms with van der Waals surface area (Å²) < 4.78 is 27.3. The summed E-state index contributed by atoms with van der Waals surface area (Å²) in [5.41, 5.74) is 1.62. The third kappa shape index (κ3) is 4.01. The molecule has 3 rings (SSSR count). The smallest absolute Gasteiger partial charge is 0.307 e. The van der Waals surface area contributed by atoms with Gasteiger partial charge in [0.05, 0.1) is 29.4 Å². The van der Waals surface area contributed by atoms with Crippen LogP contribution in [0.5, 0.6) is 0 Å². The van der Waals surface area contributed by atoms with E-state index in [0.717, 1.165) is 0 Å². The van der Waals surface area contributed by atoms with Crippen molar-refractivity contribution in [3.05, 3.63) is 66.5 Å². The molecule has 0 bridgehead atoms. The van der Waals surface area contributed by atoms with Gasteiger partial charge in [0.25, 0.3) is 10.0 Å². The van der Waals surface area contributed by atoms with E-state index in [1.807, 2.05) is 0 Å². The molecular formula is C16H14N4O4S. The lowest BCUT2D eigenvalue weighted by molar-refractivity contribution is -0.136. The number of carboxylic acids is 1. The van der Waals surface area contributed by atoms with Gasteiger partial charge in [0.15, 0.2) is 0 Å². The van der Waals surface area contributed by atoms with Gasteiger partial charge >= 0.3 is 5.97 Å². The number of nitrogens with one attached hydrogen (secondary N) is 1. The van der Waals surface area contributed by atoms with E-state index in [-0.39, 0.29) is 11.3 Å². The van der Waals surface area contributed by atoms with Gasteiger partial charge in [0.1, 0.15) is 0 Å². The van der Waals surface area contributed by atoms with E-state index in [2.05, 4.69) is 14.9 Å². The number of hydrogen-bond acceptors (Lipinski definition) is 5. The Morgan fingerprint density at radius 1 is 1.00 bits per heavy atom. The number of hydrogen-bond donors (Lipinski definition) is 2. The van der Waals surface area contributed by atoms with E-state index < -0.39 is 16.0 Å². The van der Waals surface area contributed by atoms with Crippen LogP contribution in [0.25, 0.3) is 5.69 Å². The van der Waals surface area contributed by atoms with Crippen molar-refractivity contribution in [1.29, 1.82) is 0 Å². The number of rotatable bonds is 6. The maximum atomic E-state index is 12.4. The third-order valence-electron chi connectivity index (χ3n) is 3.36. The Bertz CT molecular complexity index is 966. The molecule has 0 atom stereocenters. The predicted octanol–water partition coefficient (Wildman–Crippen LogP) is 1.70. The van der Waals surface area contributed by atoms with Crippen molar-refractivity contribution in [3.8, 4) is 5.69 Å². The van der Waals surface area contributed by atoms with Gasteiger partial charge in [-0.05, 0) is 42.0 Å². The molecular weight excluding hydrogens is 344 g/mol. The van der Waals surface area contributed by atoms with E-state index >= 15 is 0 Å². The van der Waals surface area contributed by atoms with Crippen LogP contribution in [0.4, 0.5) is 5.69 Å². The highest BCUT2D eigenvalue weighted by Gasteiger charge is 2.14. The highest BCUT2D eigenvalue weighted by Crippen LogP contribution is 2.18. The molecule has 0 saturated heterocycles. The average molecular weight is 358 g/mol. The number of carbonyl (C=O) groups is 1. The summed E-state index contributed by atoms with van der Waals surface area (Å²) in [6.07, 6.45) is 2.94. The van der Waals surface area contributed by atoms with Crippen LogP contribution in [0.1, 0.15) is 5.56 Å². The molecule has 0 fully saturated rings. The molecule has 0 spiro atoms. The van der Waals surface area contributed by atoms with Crippen LogP contribution in [0.3, 0.4) is 0 Å². The monoisotopic (exact) mass is 358 g/mol. The van der Waals surface area contributed by atoms with Gasteiger partial charge in [-0.25, -0.2) is 8.42 Å². The lowest BCUT2D eigenvalue weighted by Crippen LogP contribution is -2.13. The topological polar surface area (TPSA) is 114 Å². The Labute approximate surface area is 143 Å². The van der Waals surface area contributed by atoms with Crippen LogP contribution in [0.2, 0.25) is 0 Å². The first-order valence-electron chi connectivity index (χ1n) is 7.24. The van der Waals surface area contributed by atoms with Crippen molar-refractivity contribution in [3.63, 3.8) is 0 Å². The fourth-order valence-electron chi connectivity index (χ4n) is 2.19. The molecule has 0 aliphatic carbocycles. The second-order valence-electron chi connectivity index (χ2n) is 5.19. The van der Waals surface area contributed by atoms with Crippen molar-refractivity contribution in [1.82, 2.24) is 15.0 Å². The molecule has 0 unspecified atom stereocenters. The fraction of sp³-hybridized carbons (Fsp3) is 0.0625. The molecule has 1 aromatic heterocycles. The van der Waals surface area contributed by atoms with Crippen LogP contribution in [0.15, 0.2) is 65.8 Å². The lowest BCUT2D eigenvalue weighted by atomic mass is 10.2. The molecule has 0 amide bonds. The van der Waals surface area contributed by atoms with E-state index in [4.69, 9.17) is 5.11 Å². The van der Waals surface area contributed by atoms with Gasteiger partial charge < -0.3 is 5.11 Å². The zero-order chi connectivity index (χ0) is 17.9. The minimum Gasteiger partial charge on any atom is -0.481 e. The van der Waals surface area contributed by atoms with Gasteiger partial charge in [-0.3, -0.25) is 9.52 Å². The zero-order valence-corrected chi connectivity index (χ0v) is 13.7. The summed E-state index contributed by atoms with van der Waals surface area (Å²) in [7, 11) is -3.76. The summed E-state index contributed by atoms with van der Waals surface area (Å²) in [6.45, 7) is 0. The zero-order valence-electron chi connectivity index (χ0n) is 12.9. The molecule has 25 heavy (non-hydrogen) atoms. The summed E-state index contributed by atoms with van der Waals surface area (Å²) in [5.74, 6) is -0.972. The van der Waals surface area contributed by atoms with E-state index in [0.29, 0.717) is 16.9 Å². The average Bonchev–Trinajstić information content (AvgIpc) is 3.09. The Morgan fingerprint density at radius 2 is 1.60 bits per heavy atom. The first-order chi connectivity index (χ1) is 11.9. The maximum absolute atomic E-state index is 12.4. The molecule has 2 aromatic carbocycles. The van der Waals surface area contributed by atoms with Crippen molar-refractivity contribution < 1.29 is 18.3 Å². The van der Waals surface area contributed by atoms with Gasteiger partial charge in [-0.15, -0.1) is 0 Å². The van der Waals surface area contributed by atoms with E-state index in [1.165, 1.54) is 29.1 Å². The number of aliphatic carboxylic acids is 1. The molecule has 3 aromatic rings. The first kappa shape index (κ1) is 16.7. The first-order valence-corrected chi connectivity index (χ1v) is 8.73. The van der Waals surface area contributed by atoms with Crippen molar-refractivity contribution in [2.75, 3.05) is 4.72 Å². The number of benzene rings is 2. The summed E-state index contributed by atoms with van der Waals surface area (Å²) in [6, 6.07) is 12.3. The highest BCUT2D eigenvalue weighted by molar-refractivity contribution is 7.92. The molecule has 0 aliphatic rings. The third-order valence-corrected chi connectivity index (χ3v) is 4.76. The number of anilines is 1. The SMILES string of the molecule is O=C(O)Cc1ccc(S(=O)(=O)Nc2ccc(-n3nccn3)cc2)cc1. The van der Waals surface area contributed by atoms with Crippen molar-refractivity contribution in [2.24, 2.45) is 0 Å². The Hall–Kier alpha value is -3.20. The minimum atomic E-state index is -3.76. The molecule has 2 N–H and O–H groups in total. The summed E-state index contributed by atoms with van der Waals surface area (Å²) in [5, 5.41) is 16.7. The molecule has 1 heterocycles. The normalized spacial score (nSPS) is 11.2. The molecule has 0 radical (unpaired) electrons. The largest absolute Gasteiger partial charge is 0.481 e. The highest BCUT2D eigenvalue weighted by atomic mass is 32.2. The number of aromatic nitrogens is 3. The van der Waals surface area contributed by atoms with E-state index in [9.17, 15) is 13.2 Å². The number of sulfonamides is 1. The van der Waals surface area contributed by atoms with Crippen LogP contribution in [-0.2, 0) is 21.2 Å². The second-order valence-corrected chi connectivity index (χ2v) is 6.87. The molecule has 0 saturated carbocycles. The second kappa shape index (κ2) is 6.73. The van der Waals surface area contributed by atoms with Crippen molar-refractivity contribution in [2.45, 2.75) is 11.3 Å². The van der Waals surface area contributed by atoms with Gasteiger partial charge in [0, 0.05) is 5.69 Å². The Morgan fingerprint density at radius 3 is 2.16 bits per heavy atom. The summed E-state index contributed by atoms with van der Waals surface area (Å²) in [4.78, 5) is 12.1. The molecule has 8 nitrogen and oxygen atoms in total. The van der Waals surface area contributed by atoms with Gasteiger partial charge in [-0.1, -0.05) is 12.1 Å². The standard InChI is InChI=1S/C16H14N4O4S/c21-16(22)11-12-1-7-15(8-2-12)25(23,24)19-13-3-5-14(6-4-13)20-17-9-10-18-20/h1-10,19H,11H2,(H,21,22). The van der Waals surface area contributed by atoms with Gasteiger partial charge in [-0.2, -0.15) is 15.0 Å². The predicted molar refractivity (Wildman–Crippen MR) is 89.9 cm³/mol. The minimum absolute atomic E-state index is 0.0551. The van der Waals surface area contributed by atoms with E-state index in [1.54, 1.807) is 36.7 Å². The molecule has 9 heteroatoms. The lowest BCUT2D eigenvalue weighted by Gasteiger charge is -2.09. The van der Waals surface area contributed by atoms with Crippen molar-refractivity contribution >= 4 is 21.7 Å². The van der Waals surface area contributed by atoms with Crippen LogP contribution >= 0.6 is 0 Å².